The molecule has 20 heavy (non-hydrogen) atoms. The molecular weight excluding hydrogens is 256 g/mol. The Kier molecular flexibility index (Phi) is 6.87. The summed E-state index contributed by atoms with van der Waals surface area (Å²) in [5.74, 6) is 0.602. The van der Waals surface area contributed by atoms with Crippen LogP contribution in [0.4, 0.5) is 5.69 Å². The Bertz CT molecular complexity index is 406. The van der Waals surface area contributed by atoms with E-state index in [9.17, 15) is 4.79 Å². The van der Waals surface area contributed by atoms with Crippen molar-refractivity contribution in [3.8, 4) is 5.75 Å². The van der Waals surface area contributed by atoms with Crippen molar-refractivity contribution < 1.29 is 14.3 Å². The normalized spacial score (nSPS) is 11.8. The molecule has 1 aromatic carbocycles. The largest absolute Gasteiger partial charge is 0.497 e. The van der Waals surface area contributed by atoms with Crippen LogP contribution in [0.3, 0.4) is 0 Å². The SMILES string of the molecule is CCNC(CN(C)c1ccc(OC)cc1)C(=O)OCC. The molecule has 1 rings (SSSR count). The van der Waals surface area contributed by atoms with Crippen LogP contribution in [0.1, 0.15) is 13.8 Å². The first kappa shape index (κ1) is 16.3. The topological polar surface area (TPSA) is 50.8 Å². The van der Waals surface area contributed by atoms with E-state index in [1.54, 1.807) is 7.11 Å². The lowest BCUT2D eigenvalue weighted by Crippen LogP contribution is -2.46. The summed E-state index contributed by atoms with van der Waals surface area (Å²) in [6.45, 7) is 5.46. The van der Waals surface area contributed by atoms with Gasteiger partial charge in [0.15, 0.2) is 0 Å². The van der Waals surface area contributed by atoms with E-state index in [2.05, 4.69) is 5.32 Å². The Morgan fingerprint density at radius 2 is 1.95 bits per heavy atom. The van der Waals surface area contributed by atoms with Gasteiger partial charge in [0.2, 0.25) is 0 Å². The second-order valence-electron chi connectivity index (χ2n) is 4.44. The summed E-state index contributed by atoms with van der Waals surface area (Å²) in [5.41, 5.74) is 1.03. The maximum Gasteiger partial charge on any atom is 0.324 e. The molecule has 0 aromatic heterocycles. The molecular formula is C15H24N2O3. The van der Waals surface area contributed by atoms with E-state index in [0.717, 1.165) is 18.0 Å². The van der Waals surface area contributed by atoms with Crippen molar-refractivity contribution >= 4 is 11.7 Å². The monoisotopic (exact) mass is 280 g/mol. The van der Waals surface area contributed by atoms with Gasteiger partial charge in [0.1, 0.15) is 11.8 Å². The van der Waals surface area contributed by atoms with Crippen molar-refractivity contribution in [1.82, 2.24) is 5.32 Å². The van der Waals surface area contributed by atoms with Gasteiger partial charge >= 0.3 is 5.97 Å². The maximum absolute atomic E-state index is 11.9. The number of methoxy groups -OCH3 is 1. The van der Waals surface area contributed by atoms with Gasteiger partial charge in [-0.15, -0.1) is 0 Å². The van der Waals surface area contributed by atoms with Crippen LogP contribution < -0.4 is 15.0 Å². The third-order valence-electron chi connectivity index (χ3n) is 2.99. The highest BCUT2D eigenvalue weighted by Gasteiger charge is 2.20. The minimum absolute atomic E-state index is 0.213. The molecule has 5 nitrogen and oxygen atoms in total. The van der Waals surface area contributed by atoms with E-state index in [4.69, 9.17) is 9.47 Å². The van der Waals surface area contributed by atoms with Crippen molar-refractivity contribution in [2.45, 2.75) is 19.9 Å². The molecule has 0 aliphatic rings. The molecule has 0 bridgehead atoms. The fourth-order valence-electron chi connectivity index (χ4n) is 1.93. The minimum Gasteiger partial charge on any atom is -0.497 e. The van der Waals surface area contributed by atoms with E-state index >= 15 is 0 Å². The third kappa shape index (κ3) is 4.74. The Hall–Kier alpha value is -1.75. The predicted molar refractivity (Wildman–Crippen MR) is 80.4 cm³/mol. The van der Waals surface area contributed by atoms with Gasteiger partial charge in [-0.25, -0.2) is 0 Å². The number of ether oxygens (including phenoxy) is 2. The smallest absolute Gasteiger partial charge is 0.324 e. The van der Waals surface area contributed by atoms with Crippen LogP contribution >= 0.6 is 0 Å². The molecule has 0 amide bonds. The number of nitrogens with one attached hydrogen (secondary N) is 1. The first-order valence-corrected chi connectivity index (χ1v) is 6.87. The van der Waals surface area contributed by atoms with Crippen molar-refractivity contribution in [2.24, 2.45) is 0 Å². The summed E-state index contributed by atoms with van der Waals surface area (Å²) in [6, 6.07) is 7.41. The van der Waals surface area contributed by atoms with Crippen LogP contribution in [0.25, 0.3) is 0 Å². The molecule has 5 heteroatoms. The number of benzene rings is 1. The summed E-state index contributed by atoms with van der Waals surface area (Å²) in [4.78, 5) is 13.9. The fourth-order valence-corrected chi connectivity index (χ4v) is 1.93. The number of esters is 1. The minimum atomic E-state index is -0.327. The first-order valence-electron chi connectivity index (χ1n) is 6.87. The Morgan fingerprint density at radius 1 is 1.30 bits per heavy atom. The lowest BCUT2D eigenvalue weighted by Gasteiger charge is -2.25. The number of carbonyl (C=O) groups excluding carboxylic acids is 1. The van der Waals surface area contributed by atoms with Crippen LogP contribution in [0, 0.1) is 0 Å². The maximum atomic E-state index is 11.9. The predicted octanol–water partition coefficient (Wildman–Crippen LogP) is 1.67. The zero-order valence-corrected chi connectivity index (χ0v) is 12.7. The molecule has 0 aliphatic carbocycles. The molecule has 0 spiro atoms. The number of carbonyl (C=O) groups is 1. The molecule has 0 saturated heterocycles. The standard InChI is InChI=1S/C15H24N2O3/c1-5-16-14(15(18)20-6-2)11-17(3)12-7-9-13(19-4)10-8-12/h7-10,14,16H,5-6,11H2,1-4H3. The molecule has 1 aromatic rings. The van der Waals surface area contributed by atoms with Gasteiger partial charge in [-0.1, -0.05) is 6.92 Å². The molecule has 1 atom stereocenters. The molecule has 0 saturated carbocycles. The van der Waals surface area contributed by atoms with Crippen LogP contribution in [0.15, 0.2) is 24.3 Å². The second-order valence-corrected chi connectivity index (χ2v) is 4.44. The highest BCUT2D eigenvalue weighted by atomic mass is 16.5. The zero-order valence-electron chi connectivity index (χ0n) is 12.7. The highest BCUT2D eigenvalue weighted by molar-refractivity contribution is 5.76. The van der Waals surface area contributed by atoms with Crippen molar-refractivity contribution in [3.05, 3.63) is 24.3 Å². The van der Waals surface area contributed by atoms with Gasteiger partial charge in [0, 0.05) is 19.3 Å². The van der Waals surface area contributed by atoms with E-state index in [1.807, 2.05) is 50.1 Å². The second kappa shape index (κ2) is 8.43. The van der Waals surface area contributed by atoms with Crippen LogP contribution in [0.2, 0.25) is 0 Å². The summed E-state index contributed by atoms with van der Waals surface area (Å²) in [6.07, 6.45) is 0. The van der Waals surface area contributed by atoms with E-state index in [-0.39, 0.29) is 12.0 Å². The number of anilines is 1. The Morgan fingerprint density at radius 3 is 2.45 bits per heavy atom. The van der Waals surface area contributed by atoms with Crippen molar-refractivity contribution in [2.75, 3.05) is 38.8 Å². The quantitative estimate of drug-likeness (QED) is 0.734. The average molecular weight is 280 g/mol. The van der Waals surface area contributed by atoms with Crippen molar-refractivity contribution in [3.63, 3.8) is 0 Å². The van der Waals surface area contributed by atoms with Gasteiger partial charge in [-0.2, -0.15) is 0 Å². The van der Waals surface area contributed by atoms with Gasteiger partial charge < -0.3 is 19.7 Å². The van der Waals surface area contributed by atoms with E-state index in [0.29, 0.717) is 13.2 Å². The lowest BCUT2D eigenvalue weighted by atomic mass is 10.2. The highest BCUT2D eigenvalue weighted by Crippen LogP contribution is 2.18. The van der Waals surface area contributed by atoms with E-state index < -0.39 is 0 Å². The molecule has 0 fully saturated rings. The van der Waals surface area contributed by atoms with Gasteiger partial charge in [0.05, 0.1) is 13.7 Å². The number of nitrogens with zero attached hydrogens (tertiary/aromatic N) is 1. The molecule has 0 radical (unpaired) electrons. The molecule has 112 valence electrons. The van der Waals surface area contributed by atoms with Crippen LogP contribution in [-0.2, 0) is 9.53 Å². The fraction of sp³-hybridized carbons (Fsp3) is 0.533. The Balaban J connectivity index is 2.68. The summed E-state index contributed by atoms with van der Waals surface area (Å²) in [5, 5.41) is 3.15. The first-order chi connectivity index (χ1) is 9.62. The van der Waals surface area contributed by atoms with E-state index in [1.165, 1.54) is 0 Å². The van der Waals surface area contributed by atoms with Gasteiger partial charge in [-0.05, 0) is 37.7 Å². The van der Waals surface area contributed by atoms with Crippen molar-refractivity contribution in [1.29, 1.82) is 0 Å². The third-order valence-corrected chi connectivity index (χ3v) is 2.99. The van der Waals surface area contributed by atoms with Crippen LogP contribution in [0.5, 0.6) is 5.75 Å². The molecule has 1 unspecified atom stereocenters. The van der Waals surface area contributed by atoms with Gasteiger partial charge in [-0.3, -0.25) is 4.79 Å². The summed E-state index contributed by atoms with van der Waals surface area (Å²) in [7, 11) is 3.59. The lowest BCUT2D eigenvalue weighted by molar-refractivity contribution is -0.145. The number of hydrogen-bond donors (Lipinski definition) is 1. The zero-order chi connectivity index (χ0) is 15.0. The number of hydrogen-bond acceptors (Lipinski definition) is 5. The van der Waals surface area contributed by atoms with Crippen LogP contribution in [-0.4, -0.2) is 45.9 Å². The number of likely N-dealkylation sites (N-methyl/N-ethyl adjacent to an activating group) is 2. The summed E-state index contributed by atoms with van der Waals surface area (Å²) >= 11 is 0. The summed E-state index contributed by atoms with van der Waals surface area (Å²) < 4.78 is 10.2. The molecule has 0 heterocycles. The average Bonchev–Trinajstić information content (AvgIpc) is 2.47. The van der Waals surface area contributed by atoms with Gasteiger partial charge in [0.25, 0.3) is 0 Å². The molecule has 0 aliphatic heterocycles. The molecule has 1 N–H and O–H groups in total. The number of rotatable bonds is 8. The Labute approximate surface area is 120 Å².